The number of nitrogens with zero attached hydrogens (tertiary/aromatic N) is 2. The summed E-state index contributed by atoms with van der Waals surface area (Å²) in [5.41, 5.74) is 2.12. The molecular weight excluding hydrogens is 394 g/mol. The van der Waals surface area contributed by atoms with Gasteiger partial charge in [0.25, 0.3) is 0 Å². The smallest absolute Gasteiger partial charge is 0.321 e. The summed E-state index contributed by atoms with van der Waals surface area (Å²) in [5.74, 6) is -0.332. The number of thioether (sulfide) groups is 1. The summed E-state index contributed by atoms with van der Waals surface area (Å²) in [5, 5.41) is 17.0. The van der Waals surface area contributed by atoms with Gasteiger partial charge >= 0.3 is 6.03 Å². The van der Waals surface area contributed by atoms with E-state index >= 15 is 0 Å². The molecule has 0 spiro atoms. The van der Waals surface area contributed by atoms with Crippen molar-refractivity contribution in [2.75, 3.05) is 5.32 Å². The third kappa shape index (κ3) is 6.20. The first-order chi connectivity index (χ1) is 13.5. The van der Waals surface area contributed by atoms with Crippen molar-refractivity contribution < 1.29 is 9.59 Å². The first kappa shape index (κ1) is 20.6. The molecular formula is C19H25N5O2S2. The van der Waals surface area contributed by atoms with Crippen LogP contribution in [0.15, 0.2) is 28.6 Å². The summed E-state index contributed by atoms with van der Waals surface area (Å²) in [7, 11) is 0. The van der Waals surface area contributed by atoms with Gasteiger partial charge in [-0.1, -0.05) is 60.1 Å². The van der Waals surface area contributed by atoms with Crippen LogP contribution in [-0.2, 0) is 4.79 Å². The molecule has 0 unspecified atom stereocenters. The lowest BCUT2D eigenvalue weighted by Gasteiger charge is -2.22. The molecule has 3 amide bonds. The quantitative estimate of drug-likeness (QED) is 0.607. The van der Waals surface area contributed by atoms with Crippen LogP contribution in [0.4, 0.5) is 15.6 Å². The molecule has 1 saturated carbocycles. The second kappa shape index (κ2) is 9.88. The summed E-state index contributed by atoms with van der Waals surface area (Å²) < 4.78 is 0.671. The highest BCUT2D eigenvalue weighted by molar-refractivity contribution is 8.02. The Morgan fingerprint density at radius 2 is 1.86 bits per heavy atom. The van der Waals surface area contributed by atoms with Crippen molar-refractivity contribution in [1.29, 1.82) is 0 Å². The molecule has 0 aliphatic heterocycles. The summed E-state index contributed by atoms with van der Waals surface area (Å²) >= 11 is 2.66. The number of carbonyl (C=O) groups excluding carboxylic acids is 2. The molecule has 9 heteroatoms. The van der Waals surface area contributed by atoms with Crippen LogP contribution < -0.4 is 16.0 Å². The van der Waals surface area contributed by atoms with E-state index in [1.54, 1.807) is 6.92 Å². The van der Waals surface area contributed by atoms with Crippen LogP contribution >= 0.6 is 23.1 Å². The van der Waals surface area contributed by atoms with Gasteiger partial charge in [0.2, 0.25) is 11.0 Å². The topological polar surface area (TPSA) is 96.0 Å². The predicted octanol–water partition coefficient (Wildman–Crippen LogP) is 4.23. The fourth-order valence-electron chi connectivity index (χ4n) is 2.95. The third-order valence-corrected chi connectivity index (χ3v) is 6.56. The Labute approximate surface area is 173 Å². The molecule has 2 aromatic rings. The summed E-state index contributed by atoms with van der Waals surface area (Å²) in [6.07, 6.45) is 5.43. The fourth-order valence-corrected chi connectivity index (χ4v) is 4.87. The molecule has 1 fully saturated rings. The molecule has 0 radical (unpaired) electrons. The van der Waals surface area contributed by atoms with E-state index in [1.165, 1.54) is 35.1 Å². The van der Waals surface area contributed by atoms with Crippen LogP contribution in [-0.4, -0.2) is 33.4 Å². The average molecular weight is 420 g/mol. The number of benzene rings is 1. The number of nitrogens with one attached hydrogen (secondary N) is 3. The highest BCUT2D eigenvalue weighted by atomic mass is 32.2. The zero-order chi connectivity index (χ0) is 19.9. The number of amides is 3. The zero-order valence-electron chi connectivity index (χ0n) is 16.0. The number of rotatable bonds is 6. The Hall–Kier alpha value is -2.13. The normalized spacial score (nSPS) is 15.6. The van der Waals surface area contributed by atoms with Gasteiger partial charge in [-0.05, 0) is 38.8 Å². The van der Waals surface area contributed by atoms with E-state index in [2.05, 4.69) is 26.1 Å². The number of aryl methyl sites for hydroxylation is 1. The van der Waals surface area contributed by atoms with Gasteiger partial charge in [0, 0.05) is 11.7 Å². The largest absolute Gasteiger partial charge is 0.335 e. The molecule has 1 heterocycles. The first-order valence-electron chi connectivity index (χ1n) is 9.45. The Bertz CT molecular complexity index is 803. The molecule has 0 bridgehead atoms. The van der Waals surface area contributed by atoms with Crippen LogP contribution in [0.5, 0.6) is 0 Å². The summed E-state index contributed by atoms with van der Waals surface area (Å²) in [4.78, 5) is 24.3. The molecule has 0 saturated heterocycles. The van der Waals surface area contributed by atoms with E-state index in [9.17, 15) is 9.59 Å². The van der Waals surface area contributed by atoms with Gasteiger partial charge in [0.1, 0.15) is 0 Å². The van der Waals surface area contributed by atoms with Gasteiger partial charge in [0.05, 0.1) is 5.25 Å². The van der Waals surface area contributed by atoms with Crippen LogP contribution in [0.2, 0.25) is 0 Å². The molecule has 1 aromatic carbocycles. The van der Waals surface area contributed by atoms with Crippen molar-refractivity contribution in [3.8, 4) is 0 Å². The summed E-state index contributed by atoms with van der Waals surface area (Å²) in [6.45, 7) is 3.79. The Kier molecular flexibility index (Phi) is 7.27. The van der Waals surface area contributed by atoms with Crippen molar-refractivity contribution in [1.82, 2.24) is 20.8 Å². The van der Waals surface area contributed by atoms with Gasteiger partial charge < -0.3 is 10.6 Å². The molecule has 3 N–H and O–H groups in total. The minimum Gasteiger partial charge on any atom is -0.335 e. The maximum absolute atomic E-state index is 12.3. The number of hydrogen-bond acceptors (Lipinski definition) is 7. The maximum atomic E-state index is 12.3. The number of urea groups is 1. The lowest BCUT2D eigenvalue weighted by atomic mass is 9.96. The number of imide groups is 1. The zero-order valence-corrected chi connectivity index (χ0v) is 17.7. The van der Waals surface area contributed by atoms with E-state index in [0.717, 1.165) is 31.4 Å². The SMILES string of the molecule is Cc1ccc(Nc2nnc(S[C@@H](C)C(=O)NC(=O)NC3CCCCC3)s2)cc1. The van der Waals surface area contributed by atoms with Crippen molar-refractivity contribution in [3.63, 3.8) is 0 Å². The second-order valence-electron chi connectivity index (χ2n) is 6.92. The van der Waals surface area contributed by atoms with Gasteiger partial charge in [-0.15, -0.1) is 10.2 Å². The van der Waals surface area contributed by atoms with Crippen molar-refractivity contribution >= 4 is 45.9 Å². The van der Waals surface area contributed by atoms with E-state index in [0.29, 0.717) is 9.47 Å². The van der Waals surface area contributed by atoms with Gasteiger partial charge in [-0.2, -0.15) is 0 Å². The Morgan fingerprint density at radius 3 is 2.57 bits per heavy atom. The number of anilines is 2. The molecule has 150 valence electrons. The van der Waals surface area contributed by atoms with Crippen molar-refractivity contribution in [2.24, 2.45) is 0 Å². The average Bonchev–Trinajstić information content (AvgIpc) is 3.11. The van der Waals surface area contributed by atoms with Crippen molar-refractivity contribution in [2.45, 2.75) is 61.6 Å². The molecule has 1 aromatic heterocycles. The highest BCUT2D eigenvalue weighted by Gasteiger charge is 2.21. The van der Waals surface area contributed by atoms with Crippen LogP contribution in [0, 0.1) is 6.92 Å². The van der Waals surface area contributed by atoms with E-state index in [1.807, 2.05) is 31.2 Å². The van der Waals surface area contributed by atoms with Crippen LogP contribution in [0.1, 0.15) is 44.6 Å². The maximum Gasteiger partial charge on any atom is 0.321 e. The number of aromatic nitrogens is 2. The minimum atomic E-state index is -0.447. The Balaban J connectivity index is 1.46. The van der Waals surface area contributed by atoms with Crippen LogP contribution in [0.25, 0.3) is 0 Å². The lowest BCUT2D eigenvalue weighted by molar-refractivity contribution is -0.119. The van der Waals surface area contributed by atoms with Crippen LogP contribution in [0.3, 0.4) is 0 Å². The molecule has 28 heavy (non-hydrogen) atoms. The molecule has 1 aliphatic carbocycles. The highest BCUT2D eigenvalue weighted by Crippen LogP contribution is 2.30. The molecule has 1 atom stereocenters. The first-order valence-corrected chi connectivity index (χ1v) is 11.1. The third-order valence-electron chi connectivity index (χ3n) is 4.53. The molecule has 1 aliphatic rings. The van der Waals surface area contributed by atoms with E-state index in [4.69, 9.17) is 0 Å². The second-order valence-corrected chi connectivity index (χ2v) is 9.49. The van der Waals surface area contributed by atoms with E-state index < -0.39 is 11.3 Å². The van der Waals surface area contributed by atoms with Gasteiger partial charge in [-0.3, -0.25) is 10.1 Å². The fraction of sp³-hybridized carbons (Fsp3) is 0.474. The van der Waals surface area contributed by atoms with Gasteiger partial charge in [0.15, 0.2) is 4.34 Å². The van der Waals surface area contributed by atoms with Gasteiger partial charge in [-0.25, -0.2) is 4.79 Å². The predicted molar refractivity (Wildman–Crippen MR) is 113 cm³/mol. The number of hydrogen-bond donors (Lipinski definition) is 3. The standard InChI is InChI=1S/C19H25N5O2S2/c1-12-8-10-15(11-9-12)21-18-23-24-19(28-18)27-13(2)16(25)22-17(26)20-14-6-4-3-5-7-14/h8-11,13-14H,3-7H2,1-2H3,(H,21,23)(H2,20,22,25,26)/t13-/m0/s1. The number of carbonyl (C=O) groups is 2. The van der Waals surface area contributed by atoms with E-state index in [-0.39, 0.29) is 11.9 Å². The lowest BCUT2D eigenvalue weighted by Crippen LogP contribution is -2.47. The monoisotopic (exact) mass is 419 g/mol. The summed E-state index contributed by atoms with van der Waals surface area (Å²) in [6, 6.07) is 7.74. The Morgan fingerprint density at radius 1 is 1.14 bits per heavy atom. The minimum absolute atomic E-state index is 0.170. The molecule has 7 nitrogen and oxygen atoms in total. The molecule has 3 rings (SSSR count). The van der Waals surface area contributed by atoms with Crippen molar-refractivity contribution in [3.05, 3.63) is 29.8 Å².